The van der Waals surface area contributed by atoms with Crippen LogP contribution in [0.4, 0.5) is 0 Å². The first kappa shape index (κ1) is 13.7. The molecule has 1 aromatic rings. The molecule has 0 aliphatic carbocycles. The first-order chi connectivity index (χ1) is 5.59. The second-order valence-electron chi connectivity index (χ2n) is 3.01. The Morgan fingerprint density at radius 1 is 1.15 bits per heavy atom. The van der Waals surface area contributed by atoms with Gasteiger partial charge >= 0.3 is 0 Å². The van der Waals surface area contributed by atoms with E-state index in [4.69, 9.17) is 0 Å². The van der Waals surface area contributed by atoms with Crippen LogP contribution in [0.5, 0.6) is 0 Å². The molecule has 0 saturated heterocycles. The first-order valence-electron chi connectivity index (χ1n) is 3.94. The zero-order valence-corrected chi connectivity index (χ0v) is 12.6. The lowest BCUT2D eigenvalue weighted by Gasteiger charge is -2.05. The molecule has 1 rings (SSSR count). The van der Waals surface area contributed by atoms with E-state index in [1.807, 2.05) is 0 Å². The molecule has 0 aliphatic rings. The maximum atomic E-state index is 3.47. The summed E-state index contributed by atoms with van der Waals surface area (Å²) in [6, 6.07) is 6.59. The van der Waals surface area contributed by atoms with Gasteiger partial charge in [0.2, 0.25) is 0 Å². The summed E-state index contributed by atoms with van der Waals surface area (Å²) < 4.78 is 0.382. The molecule has 0 heterocycles. The highest BCUT2D eigenvalue weighted by molar-refractivity contribution is 9.24. The molecule has 3 heteroatoms. The van der Waals surface area contributed by atoms with Crippen molar-refractivity contribution in [2.75, 3.05) is 0 Å². The summed E-state index contributed by atoms with van der Waals surface area (Å²) in [4.78, 5) is 0. The third-order valence-corrected chi connectivity index (χ3v) is 2.61. The number of halogens is 3. The minimum absolute atomic E-state index is 0. The molecule has 0 radical (unpaired) electrons. The van der Waals surface area contributed by atoms with Crippen LogP contribution in [0.3, 0.4) is 0 Å². The van der Waals surface area contributed by atoms with E-state index in [0.29, 0.717) is 3.74 Å². The van der Waals surface area contributed by atoms with E-state index < -0.39 is 0 Å². The summed E-state index contributed by atoms with van der Waals surface area (Å²) in [5, 5.41) is 0. The minimum atomic E-state index is 0. The van der Waals surface area contributed by atoms with E-state index in [-0.39, 0.29) is 17.0 Å². The van der Waals surface area contributed by atoms with Gasteiger partial charge < -0.3 is 0 Å². The fourth-order valence-electron chi connectivity index (χ4n) is 1.11. The molecule has 0 aromatic heterocycles. The molecule has 0 amide bonds. The number of alkyl halides is 2. The van der Waals surface area contributed by atoms with Crippen molar-refractivity contribution in [2.45, 2.75) is 24.0 Å². The van der Waals surface area contributed by atoms with Crippen LogP contribution >= 0.6 is 48.8 Å². The van der Waals surface area contributed by atoms with Crippen molar-refractivity contribution >= 4 is 48.8 Å². The fraction of sp³-hybridized carbons (Fsp3) is 0.400. The third kappa shape index (κ3) is 4.61. The van der Waals surface area contributed by atoms with Gasteiger partial charge in [-0.15, -0.1) is 17.0 Å². The van der Waals surface area contributed by atoms with Gasteiger partial charge in [0.15, 0.2) is 0 Å². The number of benzene rings is 1. The van der Waals surface area contributed by atoms with Crippen molar-refractivity contribution in [3.8, 4) is 0 Å². The van der Waals surface area contributed by atoms with Gasteiger partial charge in [-0.25, -0.2) is 0 Å². The van der Waals surface area contributed by atoms with Crippen LogP contribution in [0.15, 0.2) is 18.2 Å². The van der Waals surface area contributed by atoms with Crippen LogP contribution in [-0.2, 0) is 6.42 Å². The summed E-state index contributed by atoms with van der Waals surface area (Å²) in [5.74, 6) is 0. The Morgan fingerprint density at radius 2 is 1.77 bits per heavy atom. The molecule has 13 heavy (non-hydrogen) atoms. The van der Waals surface area contributed by atoms with Gasteiger partial charge in [0.25, 0.3) is 0 Å². The summed E-state index contributed by atoms with van der Waals surface area (Å²) >= 11 is 6.94. The highest BCUT2D eigenvalue weighted by Crippen LogP contribution is 2.17. The average molecular weight is 373 g/mol. The zero-order chi connectivity index (χ0) is 9.14. The topological polar surface area (TPSA) is 0 Å². The van der Waals surface area contributed by atoms with E-state index in [0.717, 1.165) is 6.42 Å². The second-order valence-corrected chi connectivity index (χ2v) is 6.45. The van der Waals surface area contributed by atoms with E-state index in [1.165, 1.54) is 16.7 Å². The molecule has 1 aromatic carbocycles. The minimum Gasteiger partial charge on any atom is -0.114 e. The standard InChI is InChI=1S/C10H12Br2.BrH/c1-7-3-4-9(5-8(7)2)6-10(11)12;/h3-5,10H,6H2,1-2H3;1H. The quantitative estimate of drug-likeness (QED) is 0.668. The van der Waals surface area contributed by atoms with Gasteiger partial charge in [0.05, 0.1) is 3.74 Å². The summed E-state index contributed by atoms with van der Waals surface area (Å²) in [5.41, 5.74) is 4.10. The largest absolute Gasteiger partial charge is 0.114 e. The highest BCUT2D eigenvalue weighted by atomic mass is 79.9. The Balaban J connectivity index is 0.00000144. The number of rotatable bonds is 2. The zero-order valence-electron chi connectivity index (χ0n) is 7.68. The summed E-state index contributed by atoms with van der Waals surface area (Å²) in [7, 11) is 0. The van der Waals surface area contributed by atoms with Crippen molar-refractivity contribution in [2.24, 2.45) is 0 Å². The van der Waals surface area contributed by atoms with Gasteiger partial charge in [-0.2, -0.15) is 0 Å². The van der Waals surface area contributed by atoms with Crippen LogP contribution in [0.25, 0.3) is 0 Å². The monoisotopic (exact) mass is 370 g/mol. The lowest BCUT2D eigenvalue weighted by molar-refractivity contribution is 1.12. The van der Waals surface area contributed by atoms with Crippen molar-refractivity contribution in [1.29, 1.82) is 0 Å². The SMILES string of the molecule is Br.Cc1ccc(CC(Br)Br)cc1C. The van der Waals surface area contributed by atoms with Crippen LogP contribution in [-0.4, -0.2) is 3.74 Å². The maximum Gasteiger partial charge on any atom is 0.0738 e. The van der Waals surface area contributed by atoms with E-state index >= 15 is 0 Å². The average Bonchev–Trinajstić information content (AvgIpc) is 1.96. The van der Waals surface area contributed by atoms with Crippen LogP contribution in [0.2, 0.25) is 0 Å². The smallest absolute Gasteiger partial charge is 0.0738 e. The van der Waals surface area contributed by atoms with Gasteiger partial charge in [0.1, 0.15) is 0 Å². The molecule has 0 N–H and O–H groups in total. The highest BCUT2D eigenvalue weighted by Gasteiger charge is 2.01. The summed E-state index contributed by atoms with van der Waals surface area (Å²) in [6.07, 6.45) is 1.03. The van der Waals surface area contributed by atoms with Crippen molar-refractivity contribution in [3.63, 3.8) is 0 Å². The molecule has 0 fully saturated rings. The van der Waals surface area contributed by atoms with Gasteiger partial charge in [-0.05, 0) is 37.0 Å². The van der Waals surface area contributed by atoms with E-state index in [1.54, 1.807) is 0 Å². The fourth-order valence-corrected chi connectivity index (χ4v) is 1.86. The Morgan fingerprint density at radius 3 is 2.23 bits per heavy atom. The lowest BCUT2D eigenvalue weighted by atomic mass is 10.1. The Hall–Kier alpha value is 0.660. The number of aryl methyl sites for hydroxylation is 2. The predicted octanol–water partition coefficient (Wildman–Crippen LogP) is 4.54. The number of hydrogen-bond donors (Lipinski definition) is 0. The molecule has 0 nitrogen and oxygen atoms in total. The van der Waals surface area contributed by atoms with Crippen LogP contribution < -0.4 is 0 Å². The first-order valence-corrected chi connectivity index (χ1v) is 5.77. The maximum absolute atomic E-state index is 3.47. The molecule has 0 spiro atoms. The van der Waals surface area contributed by atoms with Crippen LogP contribution in [0.1, 0.15) is 16.7 Å². The number of hydrogen-bond acceptors (Lipinski definition) is 0. The van der Waals surface area contributed by atoms with Gasteiger partial charge in [-0.3, -0.25) is 0 Å². The predicted molar refractivity (Wildman–Crippen MR) is 71.6 cm³/mol. The Labute approximate surface area is 107 Å². The summed E-state index contributed by atoms with van der Waals surface area (Å²) in [6.45, 7) is 4.29. The Kier molecular flexibility index (Phi) is 6.52. The molecular weight excluding hydrogens is 360 g/mol. The van der Waals surface area contributed by atoms with Gasteiger partial charge in [0, 0.05) is 0 Å². The molecule has 0 atom stereocenters. The van der Waals surface area contributed by atoms with Crippen molar-refractivity contribution in [3.05, 3.63) is 34.9 Å². The second kappa shape index (κ2) is 6.20. The Bertz CT molecular complexity index is 269. The normalized spacial score (nSPS) is 9.92. The molecule has 0 saturated carbocycles. The molecule has 0 unspecified atom stereocenters. The molecule has 0 aliphatic heterocycles. The van der Waals surface area contributed by atoms with Gasteiger partial charge in [-0.1, -0.05) is 50.1 Å². The van der Waals surface area contributed by atoms with E-state index in [9.17, 15) is 0 Å². The third-order valence-electron chi connectivity index (χ3n) is 1.96. The molecule has 74 valence electrons. The lowest BCUT2D eigenvalue weighted by Crippen LogP contribution is -1.94. The molecule has 0 bridgehead atoms. The van der Waals surface area contributed by atoms with Crippen LogP contribution in [0, 0.1) is 13.8 Å². The molecular formula is C10H13Br3. The van der Waals surface area contributed by atoms with Crippen molar-refractivity contribution in [1.82, 2.24) is 0 Å². The van der Waals surface area contributed by atoms with Crippen molar-refractivity contribution < 1.29 is 0 Å². The van der Waals surface area contributed by atoms with E-state index in [2.05, 4.69) is 63.9 Å².